The van der Waals surface area contributed by atoms with Crippen LogP contribution in [0, 0.1) is 5.82 Å². The predicted molar refractivity (Wildman–Crippen MR) is 67.4 cm³/mol. The van der Waals surface area contributed by atoms with Gasteiger partial charge in [0, 0.05) is 6.04 Å². The molecule has 0 amide bonds. The van der Waals surface area contributed by atoms with Crippen molar-refractivity contribution < 1.29 is 14.3 Å². The molecule has 0 aliphatic rings. The largest absolute Gasteiger partial charge is 0.480 e. The molecule has 5 heteroatoms. The zero-order valence-electron chi connectivity index (χ0n) is 9.71. The molecule has 1 aromatic carbocycles. The Hall–Kier alpha value is -0.940. The van der Waals surface area contributed by atoms with Gasteiger partial charge in [-0.2, -0.15) is 0 Å². The molecule has 0 aliphatic carbocycles. The molecule has 0 heterocycles. The summed E-state index contributed by atoms with van der Waals surface area (Å²) in [4.78, 5) is 11.2. The van der Waals surface area contributed by atoms with Gasteiger partial charge in [0.25, 0.3) is 0 Å². The van der Waals surface area contributed by atoms with Crippen LogP contribution < -0.4 is 5.32 Å². The summed E-state index contributed by atoms with van der Waals surface area (Å²) in [6.07, 6.45) is 0.808. The average Bonchev–Trinajstić information content (AvgIpc) is 2.29. The highest BCUT2D eigenvalue weighted by molar-refractivity contribution is 9.10. The Morgan fingerprint density at radius 3 is 2.71 bits per heavy atom. The van der Waals surface area contributed by atoms with Gasteiger partial charge in [0.1, 0.15) is 11.9 Å². The van der Waals surface area contributed by atoms with Crippen LogP contribution >= 0.6 is 15.9 Å². The van der Waals surface area contributed by atoms with Gasteiger partial charge in [-0.15, -0.1) is 0 Å². The zero-order chi connectivity index (χ0) is 13.0. The van der Waals surface area contributed by atoms with Crippen molar-refractivity contribution in [2.24, 2.45) is 0 Å². The van der Waals surface area contributed by atoms with Gasteiger partial charge in [-0.25, -0.2) is 4.39 Å². The minimum absolute atomic E-state index is 0.0582. The second kappa shape index (κ2) is 6.12. The second-order valence-corrected chi connectivity index (χ2v) is 4.78. The Bertz CT molecular complexity index is 411. The Morgan fingerprint density at radius 1 is 1.59 bits per heavy atom. The average molecular weight is 304 g/mol. The van der Waals surface area contributed by atoms with Gasteiger partial charge in [0.15, 0.2) is 0 Å². The number of hydrogen-bond donors (Lipinski definition) is 2. The Balaban J connectivity index is 2.97. The third-order valence-corrected chi connectivity index (χ3v) is 3.23. The maximum absolute atomic E-state index is 13.4. The molecule has 0 saturated carbocycles. The highest BCUT2D eigenvalue weighted by atomic mass is 79.9. The van der Waals surface area contributed by atoms with Gasteiger partial charge in [0.2, 0.25) is 0 Å². The molecule has 0 spiro atoms. The summed E-state index contributed by atoms with van der Waals surface area (Å²) >= 11 is 3.04. The second-order valence-electron chi connectivity index (χ2n) is 3.92. The molecule has 0 aromatic heterocycles. The van der Waals surface area contributed by atoms with Gasteiger partial charge < -0.3 is 5.11 Å². The van der Waals surface area contributed by atoms with E-state index in [-0.39, 0.29) is 6.04 Å². The lowest BCUT2D eigenvalue weighted by atomic mass is 10.1. The van der Waals surface area contributed by atoms with Gasteiger partial charge >= 0.3 is 5.97 Å². The number of aliphatic carboxylic acids is 1. The number of rotatable bonds is 5. The minimum Gasteiger partial charge on any atom is -0.480 e. The van der Waals surface area contributed by atoms with E-state index in [0.29, 0.717) is 10.0 Å². The van der Waals surface area contributed by atoms with Crippen molar-refractivity contribution >= 4 is 21.9 Å². The normalized spacial score (nSPS) is 14.4. The first-order valence-electron chi connectivity index (χ1n) is 5.39. The molecule has 0 radical (unpaired) electrons. The molecule has 2 N–H and O–H groups in total. The molecular weight excluding hydrogens is 289 g/mol. The summed E-state index contributed by atoms with van der Waals surface area (Å²) in [5, 5.41) is 12.1. The maximum Gasteiger partial charge on any atom is 0.325 e. The van der Waals surface area contributed by atoms with Crippen molar-refractivity contribution in [1.82, 2.24) is 5.32 Å². The molecule has 0 fully saturated rings. The summed E-state index contributed by atoms with van der Waals surface area (Å²) in [7, 11) is 0. The van der Waals surface area contributed by atoms with Crippen molar-refractivity contribution in [2.45, 2.75) is 32.4 Å². The monoisotopic (exact) mass is 303 g/mol. The standard InChI is InChI=1S/C12H15BrFNO2/c1-3-7(2)15-11(12(16)17)8-4-5-9(13)10(14)6-8/h4-7,11,15H,3H2,1-2H3,(H,16,17). The number of benzene rings is 1. The van der Waals surface area contributed by atoms with E-state index in [2.05, 4.69) is 21.2 Å². The van der Waals surface area contributed by atoms with Gasteiger partial charge in [-0.3, -0.25) is 10.1 Å². The number of halogens is 2. The topological polar surface area (TPSA) is 49.3 Å². The van der Waals surface area contributed by atoms with Crippen LogP contribution in [-0.2, 0) is 4.79 Å². The first kappa shape index (κ1) is 14.1. The SMILES string of the molecule is CCC(C)NC(C(=O)O)c1ccc(Br)c(F)c1. The van der Waals surface area contributed by atoms with Crippen LogP contribution in [0.15, 0.2) is 22.7 Å². The molecule has 0 aliphatic heterocycles. The lowest BCUT2D eigenvalue weighted by Crippen LogP contribution is -2.35. The van der Waals surface area contributed by atoms with Crippen molar-refractivity contribution in [3.05, 3.63) is 34.1 Å². The molecule has 2 atom stereocenters. The molecular formula is C12H15BrFNO2. The predicted octanol–water partition coefficient (Wildman–Crippen LogP) is 3.10. The number of nitrogens with one attached hydrogen (secondary N) is 1. The van der Waals surface area contributed by atoms with E-state index in [4.69, 9.17) is 5.11 Å². The molecule has 3 nitrogen and oxygen atoms in total. The van der Waals surface area contributed by atoms with E-state index in [1.54, 1.807) is 6.07 Å². The Morgan fingerprint density at radius 2 is 2.24 bits per heavy atom. The first-order chi connectivity index (χ1) is 7.95. The molecule has 0 bridgehead atoms. The number of carbonyl (C=O) groups is 1. The van der Waals surface area contributed by atoms with Crippen molar-refractivity contribution in [2.75, 3.05) is 0 Å². The summed E-state index contributed by atoms with van der Waals surface area (Å²) in [6, 6.07) is 3.52. The van der Waals surface area contributed by atoms with Crippen molar-refractivity contribution in [3.63, 3.8) is 0 Å². The van der Waals surface area contributed by atoms with Crippen LogP contribution in [-0.4, -0.2) is 17.1 Å². The van der Waals surface area contributed by atoms with E-state index in [1.165, 1.54) is 12.1 Å². The van der Waals surface area contributed by atoms with Crippen LogP contribution in [0.5, 0.6) is 0 Å². The quantitative estimate of drug-likeness (QED) is 0.879. The highest BCUT2D eigenvalue weighted by Gasteiger charge is 2.21. The molecule has 1 rings (SSSR count). The maximum atomic E-state index is 13.4. The number of hydrogen-bond acceptors (Lipinski definition) is 2. The van der Waals surface area contributed by atoms with Crippen LogP contribution in [0.1, 0.15) is 31.9 Å². The number of carboxylic acid groups (broad SMARTS) is 1. The van der Waals surface area contributed by atoms with E-state index in [1.807, 2.05) is 13.8 Å². The third kappa shape index (κ3) is 3.78. The fourth-order valence-electron chi connectivity index (χ4n) is 1.40. The van der Waals surface area contributed by atoms with E-state index in [9.17, 15) is 9.18 Å². The fraction of sp³-hybridized carbons (Fsp3) is 0.417. The van der Waals surface area contributed by atoms with Crippen LogP contribution in [0.4, 0.5) is 4.39 Å². The van der Waals surface area contributed by atoms with Crippen molar-refractivity contribution in [1.29, 1.82) is 0 Å². The lowest BCUT2D eigenvalue weighted by Gasteiger charge is -2.19. The smallest absolute Gasteiger partial charge is 0.325 e. The van der Waals surface area contributed by atoms with E-state index >= 15 is 0 Å². The third-order valence-electron chi connectivity index (χ3n) is 2.59. The summed E-state index contributed by atoms with van der Waals surface area (Å²) < 4.78 is 13.7. The minimum atomic E-state index is -1.01. The van der Waals surface area contributed by atoms with Crippen LogP contribution in [0.2, 0.25) is 0 Å². The van der Waals surface area contributed by atoms with Gasteiger partial charge in [-0.1, -0.05) is 13.0 Å². The summed E-state index contributed by atoms with van der Waals surface area (Å²) in [5.74, 6) is -1.47. The van der Waals surface area contributed by atoms with Crippen LogP contribution in [0.3, 0.4) is 0 Å². The molecule has 0 saturated heterocycles. The highest BCUT2D eigenvalue weighted by Crippen LogP contribution is 2.21. The molecule has 2 unspecified atom stereocenters. The zero-order valence-corrected chi connectivity index (χ0v) is 11.3. The Labute approximate surface area is 108 Å². The fourth-order valence-corrected chi connectivity index (χ4v) is 1.65. The van der Waals surface area contributed by atoms with Crippen molar-refractivity contribution in [3.8, 4) is 0 Å². The summed E-state index contributed by atoms with van der Waals surface area (Å²) in [6.45, 7) is 3.85. The van der Waals surface area contributed by atoms with E-state index < -0.39 is 17.8 Å². The van der Waals surface area contributed by atoms with Gasteiger partial charge in [0.05, 0.1) is 4.47 Å². The van der Waals surface area contributed by atoms with Gasteiger partial charge in [-0.05, 0) is 47.0 Å². The lowest BCUT2D eigenvalue weighted by molar-refractivity contribution is -0.139. The molecule has 94 valence electrons. The first-order valence-corrected chi connectivity index (χ1v) is 6.18. The van der Waals surface area contributed by atoms with Crippen LogP contribution in [0.25, 0.3) is 0 Å². The Kier molecular flexibility index (Phi) is 5.08. The molecule has 1 aromatic rings. The molecule has 17 heavy (non-hydrogen) atoms. The summed E-state index contributed by atoms with van der Waals surface area (Å²) in [5.41, 5.74) is 0.415. The van der Waals surface area contributed by atoms with E-state index in [0.717, 1.165) is 6.42 Å². The number of carboxylic acids is 1.